The van der Waals surface area contributed by atoms with E-state index in [4.69, 9.17) is 72.2 Å². The summed E-state index contributed by atoms with van der Waals surface area (Å²) < 4.78 is 190. The topological polar surface area (TPSA) is 356 Å². The largest absolute Gasteiger partial charge is 0.586 e. The highest BCUT2D eigenvalue weighted by atomic mass is 35.5. The van der Waals surface area contributed by atoms with E-state index in [0.29, 0.717) is 105 Å². The first-order valence-corrected chi connectivity index (χ1v) is 38.1. The smallest absolute Gasteiger partial charge is 0.395 e. The van der Waals surface area contributed by atoms with Gasteiger partial charge in [-0.2, -0.15) is 0 Å². The molecule has 2 saturated heterocycles. The number of alkyl halides is 10. The molecule has 8 aliphatic rings. The van der Waals surface area contributed by atoms with Crippen molar-refractivity contribution in [2.45, 2.75) is 95.6 Å². The van der Waals surface area contributed by atoms with Gasteiger partial charge in [0.2, 0.25) is 11.8 Å². The molecule has 123 heavy (non-hydrogen) atoms. The molecule has 5 N–H and O–H groups in total. The number of nitrogens with zero attached hydrogens (tertiary/aromatic N) is 7. The second kappa shape index (κ2) is 36.0. The van der Waals surface area contributed by atoms with Gasteiger partial charge in [-0.1, -0.05) is 64.4 Å². The number of fused-ring (bicyclic) bond motifs is 5. The van der Waals surface area contributed by atoms with Crippen molar-refractivity contribution in [2.75, 3.05) is 53.5 Å². The Bertz CT molecular complexity index is 5540. The number of methoxy groups -OCH3 is 1. The van der Waals surface area contributed by atoms with Crippen LogP contribution in [0.2, 0.25) is 25.1 Å². The Morgan fingerprint density at radius 1 is 0.358 bits per heavy atom. The third kappa shape index (κ3) is 21.6. The summed E-state index contributed by atoms with van der Waals surface area (Å²) in [6.45, 7) is 2.41. The predicted octanol–water partition coefficient (Wildman–Crippen LogP) is 17.9. The van der Waals surface area contributed by atoms with E-state index in [1.54, 1.807) is 36.4 Å². The van der Waals surface area contributed by atoms with Crippen molar-refractivity contribution in [3.63, 3.8) is 0 Å². The molecule has 1 saturated carbocycles. The number of hydrogen-bond acceptors (Lipinski definition) is 25. The maximum Gasteiger partial charge on any atom is 0.586 e. The lowest BCUT2D eigenvalue weighted by molar-refractivity contribution is -0.287. The Labute approximate surface area is 711 Å². The zero-order chi connectivity index (χ0) is 87.5. The quantitative estimate of drug-likeness (QED) is 0.0595. The summed E-state index contributed by atoms with van der Waals surface area (Å²) in [5.41, 5.74) is 4.47. The molecule has 5 amide bonds. The Balaban J connectivity index is 0.000000125. The van der Waals surface area contributed by atoms with Crippen molar-refractivity contribution in [3.8, 4) is 113 Å². The summed E-state index contributed by atoms with van der Waals surface area (Å²) in [5, 5.41) is 14.0. The van der Waals surface area contributed by atoms with Gasteiger partial charge in [0.1, 0.15) is 36.3 Å². The van der Waals surface area contributed by atoms with E-state index in [0.717, 1.165) is 32.1 Å². The highest BCUT2D eigenvalue weighted by Crippen LogP contribution is 2.52. The lowest BCUT2D eigenvalue weighted by Crippen LogP contribution is -2.28. The van der Waals surface area contributed by atoms with Gasteiger partial charge < -0.3 is 88.2 Å². The maximum absolute atomic E-state index is 13.2. The number of rotatable bonds is 15. The number of hydrogen-bond donors (Lipinski definition) is 5. The van der Waals surface area contributed by atoms with E-state index in [-0.39, 0.29) is 130 Å². The molecular weight excluding hydrogens is 1760 g/mol. The Hall–Kier alpha value is -12.3. The van der Waals surface area contributed by atoms with Crippen LogP contribution in [0.1, 0.15) is 51.9 Å². The minimum Gasteiger partial charge on any atom is -0.395 e. The monoisotopic (exact) mass is 1810 g/mol. The molecule has 0 bridgehead atoms. The van der Waals surface area contributed by atoms with Crippen LogP contribution in [0.3, 0.4) is 0 Å². The number of pyridine rings is 3. The molecule has 10 aromatic rings. The van der Waals surface area contributed by atoms with E-state index in [1.807, 2.05) is 0 Å². The number of ether oxygens (including phenoxy) is 13. The number of amides is 5. The summed E-state index contributed by atoms with van der Waals surface area (Å²) >= 11 is 30.6. The van der Waals surface area contributed by atoms with Crippen molar-refractivity contribution in [3.05, 3.63) is 166 Å². The Kier molecular flexibility index (Phi) is 25.5. The highest BCUT2D eigenvalue weighted by molar-refractivity contribution is 6.35. The summed E-state index contributed by atoms with van der Waals surface area (Å²) in [7, 11) is 1.40. The number of anilines is 5. The van der Waals surface area contributed by atoms with E-state index >= 15 is 0 Å². The van der Waals surface area contributed by atoms with Crippen LogP contribution in [0.5, 0.6) is 57.5 Å². The molecule has 30 nitrogen and oxygen atoms in total. The first-order valence-electron chi connectivity index (χ1n) is 36.2. The van der Waals surface area contributed by atoms with Gasteiger partial charge in [0.05, 0.1) is 61.3 Å². The van der Waals surface area contributed by atoms with Gasteiger partial charge in [-0.05, 0) is 105 Å². The van der Waals surface area contributed by atoms with Crippen molar-refractivity contribution in [2.24, 2.45) is 5.92 Å². The average molecular weight is 1820 g/mol. The van der Waals surface area contributed by atoms with Crippen LogP contribution in [0.15, 0.2) is 140 Å². The van der Waals surface area contributed by atoms with Gasteiger partial charge in [-0.25, -0.2) is 24.9 Å². The molecule has 2 unspecified atom stereocenters. The zero-order valence-corrected chi connectivity index (χ0v) is 66.5. The molecule has 1 aliphatic carbocycles. The fourth-order valence-corrected chi connectivity index (χ4v) is 13.5. The lowest BCUT2D eigenvalue weighted by atomic mass is 9.85. The Morgan fingerprint density at radius 2 is 0.650 bits per heavy atom. The van der Waals surface area contributed by atoms with Gasteiger partial charge in [0, 0.05) is 127 Å². The molecule has 0 radical (unpaired) electrons. The van der Waals surface area contributed by atoms with Crippen LogP contribution < -0.4 is 74.0 Å². The fourth-order valence-electron chi connectivity index (χ4n) is 12.2. The average Bonchev–Trinajstić information content (AvgIpc) is 1.67. The second-order valence-electron chi connectivity index (χ2n) is 26.9. The maximum atomic E-state index is 13.2. The normalized spacial score (nSPS) is 17.6. The van der Waals surface area contributed by atoms with E-state index in [2.05, 4.69) is 109 Å². The molecule has 12 heterocycles. The first-order chi connectivity index (χ1) is 58.4. The molecule has 642 valence electrons. The van der Waals surface area contributed by atoms with Crippen molar-refractivity contribution < 1.29 is 129 Å². The van der Waals surface area contributed by atoms with Gasteiger partial charge >= 0.3 is 31.5 Å². The summed E-state index contributed by atoms with van der Waals surface area (Å²) in [5.74, 6) is -0.815. The molecule has 5 aromatic heterocycles. The zero-order valence-electron chi connectivity index (χ0n) is 62.7. The van der Waals surface area contributed by atoms with Crippen molar-refractivity contribution in [1.29, 1.82) is 0 Å². The van der Waals surface area contributed by atoms with Crippen LogP contribution in [0.4, 0.5) is 73.0 Å². The SMILES string of the molecule is CC(=O)Nc1ccc(-c2cc3c(cc2Cl)OC(F)(F)O3)cn1.COCC(=O)Nc1ccc(-c2cc3c(cc2Cl)OC(F)(F)O3)cn1.O=C(Nc1ccc(-c2cc3c(cc2Cl)OC(F)(F)O3)cn1)C1CCCO1.O=C(Nc1cnc(-c2cc3c(cc2Cl)OC(F)(F)O3)cn1)C1CCC1.O=C(Nc1cnc(-c2cc3c(cc2Cl)OC(F)(F)O3)cn1)C1CCCO1. The number of nitrogens with one attached hydrogen (secondary N) is 5. The van der Waals surface area contributed by atoms with Crippen LogP contribution in [-0.4, -0.2) is 135 Å². The molecule has 45 heteroatoms. The first kappa shape index (κ1) is 87.1. The van der Waals surface area contributed by atoms with Crippen molar-refractivity contribution in [1.82, 2.24) is 34.9 Å². The molecule has 0 spiro atoms. The van der Waals surface area contributed by atoms with Gasteiger partial charge in [-0.3, -0.25) is 33.9 Å². The molecule has 18 rings (SSSR count). The van der Waals surface area contributed by atoms with Crippen LogP contribution in [0.25, 0.3) is 55.9 Å². The van der Waals surface area contributed by atoms with Gasteiger partial charge in [0.15, 0.2) is 69.1 Å². The van der Waals surface area contributed by atoms with E-state index < -0.39 is 43.7 Å². The number of aromatic nitrogens is 7. The molecule has 2 atom stereocenters. The molecule has 3 fully saturated rings. The minimum atomic E-state index is -3.73. The van der Waals surface area contributed by atoms with E-state index in [1.165, 1.54) is 118 Å². The third-order valence-corrected chi connectivity index (χ3v) is 19.6. The number of carbonyl (C=O) groups is 5. The minimum absolute atomic E-state index is 0.0337. The van der Waals surface area contributed by atoms with Crippen LogP contribution >= 0.6 is 58.0 Å². The Morgan fingerprint density at radius 3 is 0.927 bits per heavy atom. The van der Waals surface area contributed by atoms with Crippen molar-refractivity contribution >= 4 is 117 Å². The molecule has 5 aromatic carbocycles. The van der Waals surface area contributed by atoms with Gasteiger partial charge in [0.25, 0.3) is 17.7 Å². The molecule has 7 aliphatic heterocycles. The summed E-state index contributed by atoms with van der Waals surface area (Å²) in [6, 6.07) is 22.6. The summed E-state index contributed by atoms with van der Waals surface area (Å²) in [6.07, 6.45) is -3.75. The van der Waals surface area contributed by atoms with Crippen LogP contribution in [-0.2, 0) is 38.2 Å². The van der Waals surface area contributed by atoms with E-state index in [9.17, 15) is 67.9 Å². The summed E-state index contributed by atoms with van der Waals surface area (Å²) in [4.78, 5) is 87.1. The predicted molar refractivity (Wildman–Crippen MR) is 416 cm³/mol. The van der Waals surface area contributed by atoms with Gasteiger partial charge in [-0.15, -0.1) is 43.9 Å². The third-order valence-electron chi connectivity index (χ3n) is 18.1. The number of carbonyl (C=O) groups excluding carboxylic acids is 5. The lowest BCUT2D eigenvalue weighted by Gasteiger charge is -2.23. The second-order valence-corrected chi connectivity index (χ2v) is 28.9. The standard InChI is InChI=1S/C17H13ClF2N2O4.C16H12ClF2N3O4.C16H12ClF2N3O3.C15H11ClF2N2O4.C14H9ClF2N2O3/c18-11-7-14-13(25-17(19,20)26-14)6-10(11)9-3-4-15(21-8-9)22-16(23)12-2-1-5-24-12;17-9-5-13-12(25-16(18,19)26-13)4-8(9)10-6-21-14(7-20-10)22-15(23)11-2-1-3-24-11;17-10-5-13-12(24-16(18,19)25-13)4-9(10)11-6-21-14(7-20-11)22-15(23)8-2-1-3-8;1-22-7-14(21)20-13-3-2-8(6-19-13)9-4-11-12(5-10(9)16)24-15(17,18)23-11;1-7(20)19-13-3-2-8(6-18-13)9-4-11-12(5-10(9)15)22-14(16,17)21-11/h3-4,6-8,12H,1-2,5H2,(H,21,22,23);4-7,11H,1-3H2,(H,21,22,23);4-8H,1-3H2,(H,21,22,23);2-6H,7H2,1H3,(H,19,20,21);2-6H,1H3,(H,18,19,20). The molecular formula is C78H57Cl5F10N12O18. The van der Waals surface area contributed by atoms with Crippen LogP contribution in [0, 0.1) is 5.92 Å². The number of halogens is 15. The fraction of sp³-hybridized carbons (Fsp3) is 0.256. The number of benzene rings is 5. The highest BCUT2D eigenvalue weighted by Gasteiger charge is 2.48.